The first-order chi connectivity index (χ1) is 11.7. The Morgan fingerprint density at radius 2 is 1.75 bits per heavy atom. The molecule has 122 valence electrons. The molecule has 0 spiro atoms. The largest absolute Gasteiger partial charge is 0.489 e. The third kappa shape index (κ3) is 3.17. The van der Waals surface area contributed by atoms with Crippen molar-refractivity contribution in [3.63, 3.8) is 0 Å². The fraction of sp³-hybridized carbons (Fsp3) is 0.158. The zero-order valence-electron chi connectivity index (χ0n) is 12.7. The number of hydrogen-bond donors (Lipinski definition) is 0. The van der Waals surface area contributed by atoms with Gasteiger partial charge in [-0.1, -0.05) is 39.7 Å². The van der Waals surface area contributed by atoms with E-state index in [0.29, 0.717) is 36.3 Å². The molecule has 0 atom stereocenters. The molecule has 0 fully saturated rings. The average Bonchev–Trinajstić information content (AvgIpc) is 2.60. The number of ether oxygens (including phenoxy) is 3. The van der Waals surface area contributed by atoms with E-state index in [0.717, 1.165) is 21.2 Å². The van der Waals surface area contributed by atoms with Crippen LogP contribution in [0.15, 0.2) is 53.0 Å². The Balaban J connectivity index is 1.54. The lowest BCUT2D eigenvalue weighted by Gasteiger charge is -2.20. The van der Waals surface area contributed by atoms with Crippen LogP contribution in [-0.2, 0) is 6.61 Å². The van der Waals surface area contributed by atoms with Crippen LogP contribution in [-0.4, -0.2) is 13.2 Å². The molecule has 0 unspecified atom stereocenters. The predicted octanol–water partition coefficient (Wildman–Crippen LogP) is 5.61. The lowest BCUT2D eigenvalue weighted by molar-refractivity contribution is 0.171. The molecule has 0 N–H and O–H groups in total. The molecule has 1 heterocycles. The molecular weight excluding hydrogens is 392 g/mol. The van der Waals surface area contributed by atoms with Crippen molar-refractivity contribution in [2.75, 3.05) is 13.2 Å². The van der Waals surface area contributed by atoms with E-state index in [2.05, 4.69) is 28.1 Å². The Labute approximate surface area is 153 Å². The van der Waals surface area contributed by atoms with Crippen molar-refractivity contribution in [1.29, 1.82) is 0 Å². The summed E-state index contributed by atoms with van der Waals surface area (Å²) in [5.41, 5.74) is 0.945. The highest BCUT2D eigenvalue weighted by molar-refractivity contribution is 9.10. The van der Waals surface area contributed by atoms with Gasteiger partial charge in [0, 0.05) is 4.47 Å². The zero-order chi connectivity index (χ0) is 16.5. The molecule has 0 amide bonds. The quantitative estimate of drug-likeness (QED) is 0.567. The summed E-state index contributed by atoms with van der Waals surface area (Å²) in [6, 6.07) is 16.0. The van der Waals surface area contributed by atoms with Gasteiger partial charge in [0.2, 0.25) is 0 Å². The topological polar surface area (TPSA) is 27.7 Å². The van der Waals surface area contributed by atoms with Crippen molar-refractivity contribution in [1.82, 2.24) is 0 Å². The van der Waals surface area contributed by atoms with Gasteiger partial charge in [-0.3, -0.25) is 0 Å². The number of rotatable bonds is 3. The molecule has 3 aromatic carbocycles. The summed E-state index contributed by atoms with van der Waals surface area (Å²) in [6.07, 6.45) is 0. The monoisotopic (exact) mass is 404 g/mol. The van der Waals surface area contributed by atoms with Crippen LogP contribution in [0.5, 0.6) is 17.2 Å². The van der Waals surface area contributed by atoms with Crippen LogP contribution in [0.1, 0.15) is 5.56 Å². The van der Waals surface area contributed by atoms with E-state index < -0.39 is 0 Å². The van der Waals surface area contributed by atoms with Gasteiger partial charge >= 0.3 is 0 Å². The third-order valence-corrected chi connectivity index (χ3v) is 4.61. The molecule has 1 aliphatic heterocycles. The van der Waals surface area contributed by atoms with Crippen molar-refractivity contribution in [2.45, 2.75) is 6.61 Å². The van der Waals surface area contributed by atoms with Gasteiger partial charge in [0.1, 0.15) is 25.6 Å². The Morgan fingerprint density at radius 1 is 0.958 bits per heavy atom. The minimum Gasteiger partial charge on any atom is -0.489 e. The van der Waals surface area contributed by atoms with Crippen LogP contribution in [0.4, 0.5) is 0 Å². The van der Waals surface area contributed by atoms with E-state index in [4.69, 9.17) is 25.8 Å². The van der Waals surface area contributed by atoms with Crippen molar-refractivity contribution < 1.29 is 14.2 Å². The van der Waals surface area contributed by atoms with Crippen LogP contribution in [0, 0.1) is 0 Å². The van der Waals surface area contributed by atoms with Crippen LogP contribution < -0.4 is 14.2 Å². The second-order valence-electron chi connectivity index (χ2n) is 5.54. The van der Waals surface area contributed by atoms with Gasteiger partial charge in [0.25, 0.3) is 0 Å². The maximum absolute atomic E-state index is 6.26. The summed E-state index contributed by atoms with van der Waals surface area (Å²) in [6.45, 7) is 1.47. The van der Waals surface area contributed by atoms with E-state index in [9.17, 15) is 0 Å². The van der Waals surface area contributed by atoms with Crippen LogP contribution in [0.25, 0.3) is 10.8 Å². The van der Waals surface area contributed by atoms with E-state index >= 15 is 0 Å². The number of hydrogen-bond acceptors (Lipinski definition) is 3. The highest BCUT2D eigenvalue weighted by atomic mass is 79.9. The normalized spacial score (nSPS) is 13.1. The van der Waals surface area contributed by atoms with E-state index in [1.165, 1.54) is 5.39 Å². The summed E-state index contributed by atoms with van der Waals surface area (Å²) in [7, 11) is 0. The third-order valence-electron chi connectivity index (χ3n) is 3.84. The molecule has 1 aliphatic rings. The molecule has 0 saturated heterocycles. The Hall–Kier alpha value is -1.91. The lowest BCUT2D eigenvalue weighted by atomic mass is 10.1. The average molecular weight is 406 g/mol. The van der Waals surface area contributed by atoms with Crippen molar-refractivity contribution in [3.8, 4) is 17.2 Å². The fourth-order valence-electron chi connectivity index (χ4n) is 2.70. The van der Waals surface area contributed by atoms with Gasteiger partial charge in [-0.05, 0) is 52.7 Å². The van der Waals surface area contributed by atoms with Gasteiger partial charge in [0.05, 0.1) is 5.02 Å². The molecule has 24 heavy (non-hydrogen) atoms. The first-order valence-electron chi connectivity index (χ1n) is 7.59. The van der Waals surface area contributed by atoms with Crippen molar-refractivity contribution >= 4 is 38.3 Å². The van der Waals surface area contributed by atoms with Crippen molar-refractivity contribution in [3.05, 3.63) is 63.6 Å². The Morgan fingerprint density at radius 3 is 2.67 bits per heavy atom. The fourth-order valence-corrected chi connectivity index (χ4v) is 3.37. The summed E-state index contributed by atoms with van der Waals surface area (Å²) in [5, 5.41) is 2.85. The first kappa shape index (κ1) is 15.6. The molecule has 0 aliphatic carbocycles. The molecule has 0 saturated carbocycles. The number of fused-ring (bicyclic) bond motifs is 2. The molecule has 0 bridgehead atoms. The van der Waals surface area contributed by atoms with E-state index in [1.54, 1.807) is 0 Å². The lowest BCUT2D eigenvalue weighted by Crippen LogP contribution is -2.16. The molecule has 3 nitrogen and oxygen atoms in total. The van der Waals surface area contributed by atoms with Gasteiger partial charge in [0.15, 0.2) is 11.5 Å². The van der Waals surface area contributed by atoms with Gasteiger partial charge in [-0.15, -0.1) is 0 Å². The van der Waals surface area contributed by atoms with Crippen LogP contribution >= 0.6 is 27.5 Å². The van der Waals surface area contributed by atoms with Crippen LogP contribution in [0.3, 0.4) is 0 Å². The highest BCUT2D eigenvalue weighted by Gasteiger charge is 2.16. The van der Waals surface area contributed by atoms with Gasteiger partial charge < -0.3 is 14.2 Å². The second kappa shape index (κ2) is 6.54. The summed E-state index contributed by atoms with van der Waals surface area (Å²) >= 11 is 9.74. The maximum atomic E-state index is 6.26. The Kier molecular flexibility index (Phi) is 4.25. The minimum absolute atomic E-state index is 0.415. The predicted molar refractivity (Wildman–Crippen MR) is 98.4 cm³/mol. The minimum atomic E-state index is 0.415. The molecule has 5 heteroatoms. The van der Waals surface area contributed by atoms with E-state index in [1.807, 2.05) is 36.4 Å². The Bertz CT molecular complexity index is 910. The summed E-state index contributed by atoms with van der Waals surface area (Å²) < 4.78 is 18.1. The van der Waals surface area contributed by atoms with Crippen LogP contribution in [0.2, 0.25) is 5.02 Å². The molecule has 0 radical (unpaired) electrons. The molecule has 0 aromatic heterocycles. The molecular formula is C19H14BrClO3. The van der Waals surface area contributed by atoms with E-state index in [-0.39, 0.29) is 0 Å². The zero-order valence-corrected chi connectivity index (χ0v) is 15.1. The molecule has 4 rings (SSSR count). The SMILES string of the molecule is Clc1cc(COc2ccc3cc(Br)ccc3c2)cc2c1OCCO2. The summed E-state index contributed by atoms with van der Waals surface area (Å²) in [5.74, 6) is 2.11. The second-order valence-corrected chi connectivity index (χ2v) is 6.87. The summed E-state index contributed by atoms with van der Waals surface area (Å²) in [4.78, 5) is 0. The smallest absolute Gasteiger partial charge is 0.179 e. The van der Waals surface area contributed by atoms with Gasteiger partial charge in [-0.2, -0.15) is 0 Å². The van der Waals surface area contributed by atoms with Crippen molar-refractivity contribution in [2.24, 2.45) is 0 Å². The number of benzene rings is 3. The first-order valence-corrected chi connectivity index (χ1v) is 8.76. The maximum Gasteiger partial charge on any atom is 0.179 e. The van der Waals surface area contributed by atoms with Gasteiger partial charge in [-0.25, -0.2) is 0 Å². The highest BCUT2D eigenvalue weighted by Crippen LogP contribution is 2.38. The number of halogens is 2. The standard InChI is InChI=1S/C19H14BrClO3/c20-15-3-1-14-10-16(4-2-13(14)9-15)24-11-12-7-17(21)19-18(8-12)22-5-6-23-19/h1-4,7-10H,5-6,11H2. The molecule has 3 aromatic rings.